The largest absolute Gasteiger partial charge is 0.467 e. The van der Waals surface area contributed by atoms with Gasteiger partial charge in [-0.05, 0) is 37.0 Å². The molecular weight excluding hydrogens is 285 g/mol. The third-order valence-corrected chi connectivity index (χ3v) is 3.80. The molecule has 2 unspecified atom stereocenters. The van der Waals surface area contributed by atoms with Crippen molar-refractivity contribution in [2.24, 2.45) is 5.92 Å². The van der Waals surface area contributed by atoms with Crippen LogP contribution in [-0.2, 0) is 20.7 Å². The van der Waals surface area contributed by atoms with Crippen LogP contribution < -0.4 is 5.32 Å². The topological polar surface area (TPSA) is 55.4 Å². The Bertz CT molecular complexity index is 554. The lowest BCUT2D eigenvalue weighted by atomic mass is 9.93. The smallest absolute Gasteiger partial charge is 0.328 e. The second-order valence-electron chi connectivity index (χ2n) is 5.40. The van der Waals surface area contributed by atoms with Crippen LogP contribution in [0.1, 0.15) is 24.8 Å². The maximum absolute atomic E-state index is 12.9. The Morgan fingerprint density at radius 1 is 1.32 bits per heavy atom. The molecule has 1 N–H and O–H groups in total. The first kappa shape index (κ1) is 16.2. The number of ether oxygens (including phenoxy) is 1. The van der Waals surface area contributed by atoms with E-state index in [-0.39, 0.29) is 24.1 Å². The minimum absolute atomic E-state index is 0.106. The number of allylic oxidation sites excluding steroid dienone is 2. The monoisotopic (exact) mass is 305 g/mol. The number of rotatable bonds is 5. The van der Waals surface area contributed by atoms with E-state index in [0.717, 1.165) is 18.4 Å². The van der Waals surface area contributed by atoms with Crippen molar-refractivity contribution < 1.29 is 18.7 Å². The summed E-state index contributed by atoms with van der Waals surface area (Å²) in [5.74, 6) is -1.08. The van der Waals surface area contributed by atoms with Crippen molar-refractivity contribution in [1.82, 2.24) is 5.32 Å². The number of benzene rings is 1. The third-order valence-electron chi connectivity index (χ3n) is 3.80. The molecule has 0 spiro atoms. The van der Waals surface area contributed by atoms with Gasteiger partial charge in [-0.25, -0.2) is 9.18 Å². The molecule has 2 atom stereocenters. The quantitative estimate of drug-likeness (QED) is 0.671. The lowest BCUT2D eigenvalue weighted by Crippen LogP contribution is -2.45. The first-order chi connectivity index (χ1) is 10.6. The summed E-state index contributed by atoms with van der Waals surface area (Å²) in [5.41, 5.74) is 0.764. The normalized spacial score (nSPS) is 18.5. The van der Waals surface area contributed by atoms with Crippen molar-refractivity contribution in [3.8, 4) is 0 Å². The highest BCUT2D eigenvalue weighted by molar-refractivity contribution is 5.86. The van der Waals surface area contributed by atoms with Crippen molar-refractivity contribution >= 4 is 11.9 Å². The standard InChI is InChI=1S/C17H20FNO3/c1-22-17(21)15(11-12-7-9-14(18)10-8-12)19-16(20)13-5-3-2-4-6-13/h2-3,7-10,13,15H,4-6,11H2,1H3,(H,19,20). The summed E-state index contributed by atoms with van der Waals surface area (Å²) in [6.07, 6.45) is 6.67. The summed E-state index contributed by atoms with van der Waals surface area (Å²) < 4.78 is 17.7. The zero-order chi connectivity index (χ0) is 15.9. The fraction of sp³-hybridized carbons (Fsp3) is 0.412. The molecule has 1 aromatic rings. The van der Waals surface area contributed by atoms with Gasteiger partial charge in [0.05, 0.1) is 7.11 Å². The van der Waals surface area contributed by atoms with Crippen molar-refractivity contribution in [3.05, 3.63) is 47.8 Å². The molecule has 1 aliphatic rings. The van der Waals surface area contributed by atoms with E-state index in [4.69, 9.17) is 4.74 Å². The second kappa shape index (κ2) is 7.73. The summed E-state index contributed by atoms with van der Waals surface area (Å²) in [6, 6.07) is 5.10. The van der Waals surface area contributed by atoms with Gasteiger partial charge in [0.15, 0.2) is 0 Å². The molecule has 1 aromatic carbocycles. The molecule has 0 aromatic heterocycles. The molecule has 2 rings (SSSR count). The lowest BCUT2D eigenvalue weighted by molar-refractivity contribution is -0.145. The van der Waals surface area contributed by atoms with Crippen LogP contribution in [0.4, 0.5) is 4.39 Å². The van der Waals surface area contributed by atoms with Gasteiger partial charge >= 0.3 is 5.97 Å². The summed E-state index contributed by atoms with van der Waals surface area (Å²) >= 11 is 0. The van der Waals surface area contributed by atoms with Crippen LogP contribution >= 0.6 is 0 Å². The van der Waals surface area contributed by atoms with Crippen LogP contribution in [0.15, 0.2) is 36.4 Å². The molecule has 0 radical (unpaired) electrons. The van der Waals surface area contributed by atoms with Gasteiger partial charge < -0.3 is 10.1 Å². The van der Waals surface area contributed by atoms with Crippen LogP contribution in [-0.4, -0.2) is 25.0 Å². The van der Waals surface area contributed by atoms with Gasteiger partial charge in [-0.15, -0.1) is 0 Å². The first-order valence-electron chi connectivity index (χ1n) is 7.38. The molecule has 5 heteroatoms. The molecular formula is C17H20FNO3. The number of halogens is 1. The van der Waals surface area contributed by atoms with Crippen LogP contribution in [0.3, 0.4) is 0 Å². The molecule has 0 saturated carbocycles. The molecule has 118 valence electrons. The predicted molar refractivity (Wildman–Crippen MR) is 80.5 cm³/mol. The molecule has 4 nitrogen and oxygen atoms in total. The number of esters is 1. The number of carbonyl (C=O) groups is 2. The summed E-state index contributed by atoms with van der Waals surface area (Å²) in [4.78, 5) is 24.1. The molecule has 22 heavy (non-hydrogen) atoms. The molecule has 0 aliphatic heterocycles. The zero-order valence-electron chi connectivity index (χ0n) is 12.5. The Balaban J connectivity index is 2.02. The first-order valence-corrected chi connectivity index (χ1v) is 7.38. The average Bonchev–Trinajstić information content (AvgIpc) is 2.56. The van der Waals surface area contributed by atoms with Crippen LogP contribution in [0.5, 0.6) is 0 Å². The molecule has 1 amide bonds. The number of hydrogen-bond acceptors (Lipinski definition) is 3. The Hall–Kier alpha value is -2.17. The fourth-order valence-corrected chi connectivity index (χ4v) is 2.51. The Morgan fingerprint density at radius 2 is 2.05 bits per heavy atom. The van der Waals surface area contributed by atoms with E-state index in [1.807, 2.05) is 6.08 Å². The van der Waals surface area contributed by atoms with E-state index in [9.17, 15) is 14.0 Å². The van der Waals surface area contributed by atoms with Crippen LogP contribution in [0.2, 0.25) is 0 Å². The van der Waals surface area contributed by atoms with E-state index < -0.39 is 12.0 Å². The summed E-state index contributed by atoms with van der Waals surface area (Å²) in [7, 11) is 1.29. The van der Waals surface area contributed by atoms with Crippen molar-refractivity contribution in [3.63, 3.8) is 0 Å². The third kappa shape index (κ3) is 4.41. The van der Waals surface area contributed by atoms with E-state index in [1.54, 1.807) is 12.1 Å². The maximum atomic E-state index is 12.9. The van der Waals surface area contributed by atoms with Crippen LogP contribution in [0.25, 0.3) is 0 Å². The summed E-state index contributed by atoms with van der Waals surface area (Å²) in [6.45, 7) is 0. The second-order valence-corrected chi connectivity index (χ2v) is 5.40. The Labute approximate surface area is 129 Å². The number of methoxy groups -OCH3 is 1. The van der Waals surface area contributed by atoms with Crippen molar-refractivity contribution in [2.75, 3.05) is 7.11 Å². The SMILES string of the molecule is COC(=O)C(Cc1ccc(F)cc1)NC(=O)C1CC=CCC1. The van der Waals surface area contributed by atoms with E-state index in [1.165, 1.54) is 19.2 Å². The minimum Gasteiger partial charge on any atom is -0.467 e. The van der Waals surface area contributed by atoms with Gasteiger partial charge in [0.1, 0.15) is 11.9 Å². The minimum atomic E-state index is -0.756. The van der Waals surface area contributed by atoms with E-state index in [2.05, 4.69) is 11.4 Å². The lowest BCUT2D eigenvalue weighted by Gasteiger charge is -2.22. The number of carbonyl (C=O) groups excluding carboxylic acids is 2. The summed E-state index contributed by atoms with van der Waals surface area (Å²) in [5, 5.41) is 2.76. The number of amides is 1. The highest BCUT2D eigenvalue weighted by Gasteiger charge is 2.26. The van der Waals surface area contributed by atoms with E-state index >= 15 is 0 Å². The molecule has 0 fully saturated rings. The van der Waals surface area contributed by atoms with Gasteiger partial charge in [-0.2, -0.15) is 0 Å². The van der Waals surface area contributed by atoms with Gasteiger partial charge in [-0.1, -0.05) is 24.3 Å². The number of nitrogens with one attached hydrogen (secondary N) is 1. The van der Waals surface area contributed by atoms with E-state index in [0.29, 0.717) is 6.42 Å². The molecule has 0 bridgehead atoms. The maximum Gasteiger partial charge on any atom is 0.328 e. The van der Waals surface area contributed by atoms with Crippen molar-refractivity contribution in [2.45, 2.75) is 31.7 Å². The molecule has 0 saturated heterocycles. The van der Waals surface area contributed by atoms with Crippen LogP contribution in [0, 0.1) is 11.7 Å². The predicted octanol–water partition coefficient (Wildman–Crippen LogP) is 2.38. The average molecular weight is 305 g/mol. The van der Waals surface area contributed by atoms with Gasteiger partial charge in [-0.3, -0.25) is 4.79 Å². The highest BCUT2D eigenvalue weighted by Crippen LogP contribution is 2.18. The Morgan fingerprint density at radius 3 is 2.64 bits per heavy atom. The highest BCUT2D eigenvalue weighted by atomic mass is 19.1. The van der Waals surface area contributed by atoms with Gasteiger partial charge in [0.2, 0.25) is 5.91 Å². The fourth-order valence-electron chi connectivity index (χ4n) is 2.51. The molecule has 1 aliphatic carbocycles. The number of hydrogen-bond donors (Lipinski definition) is 1. The van der Waals surface area contributed by atoms with Gasteiger partial charge in [0.25, 0.3) is 0 Å². The zero-order valence-corrected chi connectivity index (χ0v) is 12.5. The van der Waals surface area contributed by atoms with Crippen molar-refractivity contribution in [1.29, 1.82) is 0 Å². The van der Waals surface area contributed by atoms with Gasteiger partial charge in [0, 0.05) is 12.3 Å². The molecule has 0 heterocycles. The Kier molecular flexibility index (Phi) is 5.69.